The Bertz CT molecular complexity index is 466. The van der Waals surface area contributed by atoms with E-state index in [4.69, 9.17) is 0 Å². The van der Waals surface area contributed by atoms with Gasteiger partial charge in [0.15, 0.2) is 0 Å². The summed E-state index contributed by atoms with van der Waals surface area (Å²) >= 11 is 0. The maximum absolute atomic E-state index is 12.9. The van der Waals surface area contributed by atoms with Gasteiger partial charge in [-0.3, -0.25) is 4.79 Å². The summed E-state index contributed by atoms with van der Waals surface area (Å²) < 4.78 is 50.1. The fraction of sp³-hybridized carbons (Fsp3) is 0.300. The second kappa shape index (κ2) is 6.04. The molecule has 0 saturated heterocycles. The molecule has 1 aromatic rings. The number of aryl methyl sites for hydroxylation is 1. The first-order chi connectivity index (χ1) is 7.87. The van der Waals surface area contributed by atoms with Crippen LogP contribution in [0.1, 0.15) is 12.0 Å². The Morgan fingerprint density at radius 2 is 1.89 bits per heavy atom. The molecule has 1 aliphatic heterocycles. The third kappa shape index (κ3) is 3.80. The van der Waals surface area contributed by atoms with Gasteiger partial charge in [0, 0.05) is 12.1 Å². The van der Waals surface area contributed by atoms with Crippen LogP contribution in [-0.2, 0) is 11.2 Å². The zero-order valence-corrected chi connectivity index (χ0v) is 12.9. The number of benzene rings is 1. The van der Waals surface area contributed by atoms with Gasteiger partial charge < -0.3 is 17.8 Å². The Labute approximate surface area is 144 Å². The van der Waals surface area contributed by atoms with Crippen molar-refractivity contribution in [1.29, 1.82) is 0 Å². The van der Waals surface area contributed by atoms with Gasteiger partial charge in [-0.2, -0.15) is 0 Å². The van der Waals surface area contributed by atoms with Crippen molar-refractivity contribution in [2.24, 2.45) is 0 Å². The fourth-order valence-corrected chi connectivity index (χ4v) is 1.94. The molecule has 1 aliphatic rings. The number of carbonyl (C=O) groups is 1. The molecule has 0 bridgehead atoms. The summed E-state index contributed by atoms with van der Waals surface area (Å²) in [7, 11) is 0. The summed E-state index contributed by atoms with van der Waals surface area (Å²) in [6, 6.07) is 3.47. The first-order valence-electron chi connectivity index (χ1n) is 5.16. The molecule has 92 valence electrons. The molecular weight excluding hydrogens is 276 g/mol. The van der Waals surface area contributed by atoms with E-state index in [9.17, 15) is 22.1 Å². The molecule has 0 spiro atoms. The van der Waals surface area contributed by atoms with Crippen LogP contribution >= 0.6 is 0 Å². The molecule has 1 aromatic carbocycles. The Kier molecular flexibility index (Phi) is 5.43. The van der Waals surface area contributed by atoms with Crippen LogP contribution < -0.4 is 56.3 Å². The quantitative estimate of drug-likeness (QED) is 0.530. The fourth-order valence-electron chi connectivity index (χ4n) is 1.94. The van der Waals surface area contributed by atoms with Crippen molar-refractivity contribution < 1.29 is 73.5 Å². The minimum Gasteiger partial charge on any atom is -0.448 e. The van der Waals surface area contributed by atoms with Gasteiger partial charge in [0.25, 0.3) is 0 Å². The van der Waals surface area contributed by atoms with Crippen molar-refractivity contribution in [3.8, 4) is 0 Å². The SMILES string of the molecule is O=C1CCc2cc(F)ccc2N1C[B-](F)(F)F.[K+]. The average molecular weight is 285 g/mol. The number of nitrogens with zero attached hydrogens (tertiary/aromatic N) is 1. The molecule has 0 fully saturated rings. The van der Waals surface area contributed by atoms with Crippen LogP contribution in [0, 0.1) is 5.82 Å². The number of hydrogen-bond donors (Lipinski definition) is 0. The van der Waals surface area contributed by atoms with E-state index in [1.54, 1.807) is 0 Å². The van der Waals surface area contributed by atoms with Crippen molar-refractivity contribution >= 4 is 18.6 Å². The second-order valence-corrected chi connectivity index (χ2v) is 3.99. The minimum atomic E-state index is -5.09. The van der Waals surface area contributed by atoms with E-state index in [1.807, 2.05) is 0 Å². The van der Waals surface area contributed by atoms with Gasteiger partial charge in [-0.1, -0.05) is 0 Å². The third-order valence-electron chi connectivity index (χ3n) is 2.63. The average Bonchev–Trinajstić information content (AvgIpc) is 2.21. The number of hydrogen-bond acceptors (Lipinski definition) is 1. The Morgan fingerprint density at radius 1 is 1.22 bits per heavy atom. The van der Waals surface area contributed by atoms with Crippen LogP contribution in [0.5, 0.6) is 0 Å². The number of carbonyl (C=O) groups excluding carboxylic acids is 1. The number of fused-ring (bicyclic) bond motifs is 1. The summed E-state index contributed by atoms with van der Waals surface area (Å²) in [5, 5.41) is 0. The topological polar surface area (TPSA) is 20.3 Å². The Balaban J connectivity index is 0.00000162. The first kappa shape index (κ1) is 16.2. The second-order valence-electron chi connectivity index (χ2n) is 3.99. The van der Waals surface area contributed by atoms with Crippen LogP contribution in [-0.4, -0.2) is 19.3 Å². The molecule has 0 N–H and O–H groups in total. The van der Waals surface area contributed by atoms with Crippen molar-refractivity contribution in [1.82, 2.24) is 0 Å². The molecular formula is C10H9BF4KNO. The monoisotopic (exact) mass is 285 g/mol. The number of anilines is 1. The van der Waals surface area contributed by atoms with Gasteiger partial charge in [0.05, 0.1) is 0 Å². The molecule has 0 aliphatic carbocycles. The van der Waals surface area contributed by atoms with Gasteiger partial charge in [-0.25, -0.2) is 4.39 Å². The van der Waals surface area contributed by atoms with Crippen molar-refractivity contribution in [2.75, 3.05) is 11.3 Å². The molecule has 0 atom stereocenters. The predicted molar refractivity (Wildman–Crippen MR) is 56.2 cm³/mol. The summed E-state index contributed by atoms with van der Waals surface area (Å²) in [6.07, 6.45) is -0.993. The van der Waals surface area contributed by atoms with Crippen LogP contribution in [0.3, 0.4) is 0 Å². The smallest absolute Gasteiger partial charge is 0.448 e. The van der Waals surface area contributed by atoms with E-state index < -0.39 is 25.1 Å². The van der Waals surface area contributed by atoms with Gasteiger partial charge in [0.1, 0.15) is 5.82 Å². The predicted octanol–water partition coefficient (Wildman–Crippen LogP) is -0.504. The standard InChI is InChI=1S/C10H9BF4NO.K/c12-8-2-3-9-7(5-8)1-4-10(17)16(9)6-11(13,14)15;/h2-3,5H,1,4,6H2;/q-1;+1. The largest absolute Gasteiger partial charge is 1.00 e. The van der Waals surface area contributed by atoms with E-state index in [0.29, 0.717) is 10.5 Å². The van der Waals surface area contributed by atoms with Gasteiger partial charge in [-0.15, -0.1) is 0 Å². The molecule has 0 unspecified atom stereocenters. The molecule has 18 heavy (non-hydrogen) atoms. The normalized spacial score (nSPS) is 15.1. The number of amides is 1. The zero-order chi connectivity index (χ0) is 12.6. The van der Waals surface area contributed by atoms with Crippen molar-refractivity contribution in [3.05, 3.63) is 29.6 Å². The molecule has 0 saturated carbocycles. The summed E-state index contributed by atoms with van der Waals surface area (Å²) in [5.41, 5.74) is 0.617. The van der Waals surface area contributed by atoms with E-state index in [0.717, 1.165) is 6.07 Å². The van der Waals surface area contributed by atoms with Crippen molar-refractivity contribution in [2.45, 2.75) is 12.8 Å². The summed E-state index contributed by atoms with van der Waals surface area (Å²) in [4.78, 5) is 12.2. The Hall–Kier alpha value is 0.111. The molecule has 2 nitrogen and oxygen atoms in total. The summed E-state index contributed by atoms with van der Waals surface area (Å²) in [5.74, 6) is -1.07. The summed E-state index contributed by atoms with van der Waals surface area (Å²) in [6.45, 7) is -5.09. The number of halogens is 4. The van der Waals surface area contributed by atoms with E-state index in [2.05, 4.69) is 0 Å². The molecule has 1 amide bonds. The molecule has 0 aromatic heterocycles. The number of rotatable bonds is 2. The molecule has 0 radical (unpaired) electrons. The zero-order valence-electron chi connectivity index (χ0n) is 9.80. The van der Waals surface area contributed by atoms with Crippen molar-refractivity contribution in [3.63, 3.8) is 0 Å². The van der Waals surface area contributed by atoms with Gasteiger partial charge >= 0.3 is 58.4 Å². The minimum absolute atomic E-state index is 0. The molecule has 1 heterocycles. The molecule has 8 heteroatoms. The maximum Gasteiger partial charge on any atom is 1.00 e. The first-order valence-corrected chi connectivity index (χ1v) is 5.16. The van der Waals surface area contributed by atoms with Gasteiger partial charge in [0.2, 0.25) is 5.91 Å². The Morgan fingerprint density at radius 3 is 2.50 bits per heavy atom. The maximum atomic E-state index is 12.9. The van der Waals surface area contributed by atoms with E-state index in [1.165, 1.54) is 12.1 Å². The van der Waals surface area contributed by atoms with Gasteiger partial charge in [-0.05, 0) is 36.6 Å². The van der Waals surface area contributed by atoms with E-state index in [-0.39, 0.29) is 69.9 Å². The van der Waals surface area contributed by atoms with E-state index >= 15 is 0 Å². The van der Waals surface area contributed by atoms with Crippen LogP contribution in [0.4, 0.5) is 23.0 Å². The van der Waals surface area contributed by atoms with Crippen LogP contribution in [0.2, 0.25) is 0 Å². The molecule has 2 rings (SSSR count). The van der Waals surface area contributed by atoms with Crippen LogP contribution in [0.25, 0.3) is 0 Å². The van der Waals surface area contributed by atoms with Crippen LogP contribution in [0.15, 0.2) is 18.2 Å². The third-order valence-corrected chi connectivity index (χ3v) is 2.63.